The van der Waals surface area contributed by atoms with E-state index in [1.54, 1.807) is 0 Å². The lowest BCUT2D eigenvalue weighted by atomic mass is 9.87. The fourth-order valence-electron chi connectivity index (χ4n) is 2.61. The molecule has 0 saturated heterocycles. The van der Waals surface area contributed by atoms with Crippen LogP contribution in [0.15, 0.2) is 24.3 Å². The molecule has 1 aliphatic rings. The lowest BCUT2D eigenvalue weighted by Gasteiger charge is -2.27. The zero-order valence-corrected chi connectivity index (χ0v) is 11.2. The van der Waals surface area contributed by atoms with Crippen LogP contribution in [-0.2, 0) is 0 Å². The number of rotatable bonds is 6. The van der Waals surface area contributed by atoms with Crippen LogP contribution in [0.1, 0.15) is 32.6 Å². The van der Waals surface area contributed by atoms with Gasteiger partial charge in [0.1, 0.15) is 0 Å². The molecule has 0 aromatic heterocycles. The maximum absolute atomic E-state index is 5.96. The molecule has 100 valence electrons. The van der Waals surface area contributed by atoms with Crippen molar-refractivity contribution < 1.29 is 9.47 Å². The Hall–Kier alpha value is -1.22. The molecule has 1 saturated carbocycles. The molecule has 0 aliphatic heterocycles. The molecule has 1 fully saturated rings. The molecule has 0 amide bonds. The molecule has 1 aromatic carbocycles. The Labute approximate surface area is 109 Å². The topological polar surface area (TPSA) is 44.5 Å². The summed E-state index contributed by atoms with van der Waals surface area (Å²) < 4.78 is 11.5. The van der Waals surface area contributed by atoms with Crippen molar-refractivity contribution in [2.24, 2.45) is 11.1 Å². The minimum atomic E-state index is 0.180. The highest BCUT2D eigenvalue weighted by molar-refractivity contribution is 5.39. The van der Waals surface area contributed by atoms with Crippen LogP contribution in [-0.4, -0.2) is 19.8 Å². The van der Waals surface area contributed by atoms with Gasteiger partial charge in [0.15, 0.2) is 11.5 Å². The molecule has 0 heterocycles. The molecule has 3 nitrogen and oxygen atoms in total. The van der Waals surface area contributed by atoms with E-state index in [1.807, 2.05) is 31.2 Å². The van der Waals surface area contributed by atoms with Gasteiger partial charge < -0.3 is 15.2 Å². The lowest BCUT2D eigenvalue weighted by Crippen LogP contribution is -2.33. The van der Waals surface area contributed by atoms with Crippen LogP contribution < -0.4 is 15.2 Å². The highest BCUT2D eigenvalue weighted by Crippen LogP contribution is 2.38. The lowest BCUT2D eigenvalue weighted by molar-refractivity contribution is 0.151. The van der Waals surface area contributed by atoms with Crippen LogP contribution in [0.25, 0.3) is 0 Å². The molecular weight excluding hydrogens is 226 g/mol. The van der Waals surface area contributed by atoms with E-state index in [2.05, 4.69) is 0 Å². The van der Waals surface area contributed by atoms with Crippen LogP contribution in [0.4, 0.5) is 0 Å². The van der Waals surface area contributed by atoms with Crippen molar-refractivity contribution in [3.8, 4) is 11.5 Å². The van der Waals surface area contributed by atoms with E-state index < -0.39 is 0 Å². The number of hydrogen-bond acceptors (Lipinski definition) is 3. The van der Waals surface area contributed by atoms with Gasteiger partial charge in [0, 0.05) is 12.0 Å². The van der Waals surface area contributed by atoms with Crippen LogP contribution in [0.3, 0.4) is 0 Å². The highest BCUT2D eigenvalue weighted by Gasteiger charge is 2.33. The Morgan fingerprint density at radius 3 is 2.28 bits per heavy atom. The molecule has 1 aromatic rings. The van der Waals surface area contributed by atoms with Gasteiger partial charge in [0.2, 0.25) is 0 Å². The van der Waals surface area contributed by atoms with Gasteiger partial charge in [0.25, 0.3) is 0 Å². The van der Waals surface area contributed by atoms with Gasteiger partial charge >= 0.3 is 0 Å². The van der Waals surface area contributed by atoms with E-state index in [4.69, 9.17) is 15.2 Å². The molecule has 0 unspecified atom stereocenters. The summed E-state index contributed by atoms with van der Waals surface area (Å²) in [7, 11) is 0. The molecule has 0 radical (unpaired) electrons. The Kier molecular flexibility index (Phi) is 4.48. The molecule has 0 bridgehead atoms. The maximum atomic E-state index is 5.96. The number of hydrogen-bond donors (Lipinski definition) is 1. The number of benzene rings is 1. The van der Waals surface area contributed by atoms with E-state index in [1.165, 1.54) is 25.7 Å². The first-order chi connectivity index (χ1) is 8.79. The van der Waals surface area contributed by atoms with Gasteiger partial charge in [-0.3, -0.25) is 0 Å². The summed E-state index contributed by atoms with van der Waals surface area (Å²) in [5.74, 6) is 1.66. The zero-order chi connectivity index (χ0) is 12.8. The minimum Gasteiger partial charge on any atom is -0.490 e. The zero-order valence-electron chi connectivity index (χ0n) is 11.2. The van der Waals surface area contributed by atoms with E-state index in [0.717, 1.165) is 11.5 Å². The van der Waals surface area contributed by atoms with Crippen molar-refractivity contribution in [2.75, 3.05) is 19.8 Å². The van der Waals surface area contributed by atoms with E-state index in [-0.39, 0.29) is 5.41 Å². The number of para-hydroxylation sites is 2. The maximum Gasteiger partial charge on any atom is 0.161 e. The average Bonchev–Trinajstić information content (AvgIpc) is 2.88. The van der Waals surface area contributed by atoms with Gasteiger partial charge in [0.05, 0.1) is 13.2 Å². The van der Waals surface area contributed by atoms with Gasteiger partial charge in [-0.15, -0.1) is 0 Å². The molecule has 2 rings (SSSR count). The van der Waals surface area contributed by atoms with Gasteiger partial charge in [-0.25, -0.2) is 0 Å². The predicted octanol–water partition coefficient (Wildman–Crippen LogP) is 2.98. The Balaban J connectivity index is 2.00. The summed E-state index contributed by atoms with van der Waals surface area (Å²) >= 11 is 0. The first-order valence-corrected chi connectivity index (χ1v) is 6.84. The molecule has 3 heteroatoms. The normalized spacial score (nSPS) is 17.7. The molecule has 2 N–H and O–H groups in total. The van der Waals surface area contributed by atoms with Gasteiger partial charge in [-0.1, -0.05) is 25.0 Å². The van der Waals surface area contributed by atoms with E-state index >= 15 is 0 Å². The number of ether oxygens (including phenoxy) is 2. The first kappa shape index (κ1) is 13.2. The van der Waals surface area contributed by atoms with Crippen LogP contribution in [0, 0.1) is 5.41 Å². The Bertz CT molecular complexity index is 373. The summed E-state index contributed by atoms with van der Waals surface area (Å²) in [6.07, 6.45) is 4.90. The molecule has 0 atom stereocenters. The van der Waals surface area contributed by atoms with Crippen LogP contribution in [0.2, 0.25) is 0 Å². The van der Waals surface area contributed by atoms with E-state index in [0.29, 0.717) is 19.8 Å². The molecule has 1 aliphatic carbocycles. The van der Waals surface area contributed by atoms with Crippen molar-refractivity contribution in [1.82, 2.24) is 0 Å². The monoisotopic (exact) mass is 249 g/mol. The average molecular weight is 249 g/mol. The third kappa shape index (κ3) is 2.96. The van der Waals surface area contributed by atoms with Gasteiger partial charge in [-0.05, 0) is 31.9 Å². The second-order valence-corrected chi connectivity index (χ2v) is 5.08. The van der Waals surface area contributed by atoms with Crippen LogP contribution >= 0.6 is 0 Å². The molecule has 0 spiro atoms. The fourth-order valence-corrected chi connectivity index (χ4v) is 2.61. The number of nitrogens with two attached hydrogens (primary N) is 1. The predicted molar refractivity (Wildman–Crippen MR) is 73.1 cm³/mol. The minimum absolute atomic E-state index is 0.180. The smallest absolute Gasteiger partial charge is 0.161 e. The van der Waals surface area contributed by atoms with E-state index in [9.17, 15) is 0 Å². The van der Waals surface area contributed by atoms with Gasteiger partial charge in [-0.2, -0.15) is 0 Å². The largest absolute Gasteiger partial charge is 0.490 e. The summed E-state index contributed by atoms with van der Waals surface area (Å²) in [4.78, 5) is 0. The first-order valence-electron chi connectivity index (χ1n) is 6.84. The van der Waals surface area contributed by atoms with Crippen molar-refractivity contribution in [2.45, 2.75) is 32.6 Å². The SMILES string of the molecule is CCOc1ccccc1OCC1(CN)CCCC1. The molecule has 18 heavy (non-hydrogen) atoms. The Morgan fingerprint density at radius 1 is 1.11 bits per heavy atom. The fraction of sp³-hybridized carbons (Fsp3) is 0.600. The second kappa shape index (κ2) is 6.10. The van der Waals surface area contributed by atoms with Crippen molar-refractivity contribution in [3.05, 3.63) is 24.3 Å². The summed E-state index contributed by atoms with van der Waals surface area (Å²) in [5.41, 5.74) is 6.10. The molecular formula is C15H23NO2. The Morgan fingerprint density at radius 2 is 1.72 bits per heavy atom. The standard InChI is InChI=1S/C15H23NO2/c1-2-17-13-7-3-4-8-14(13)18-12-15(11-16)9-5-6-10-15/h3-4,7-8H,2,5-6,9-12,16H2,1H3. The van der Waals surface area contributed by atoms with Crippen molar-refractivity contribution in [1.29, 1.82) is 0 Å². The van der Waals surface area contributed by atoms with Crippen LogP contribution in [0.5, 0.6) is 11.5 Å². The summed E-state index contributed by atoms with van der Waals surface area (Å²) in [5, 5.41) is 0. The third-order valence-electron chi connectivity index (χ3n) is 3.78. The quantitative estimate of drug-likeness (QED) is 0.843. The van der Waals surface area contributed by atoms with Crippen molar-refractivity contribution in [3.63, 3.8) is 0 Å². The highest BCUT2D eigenvalue weighted by atomic mass is 16.5. The third-order valence-corrected chi connectivity index (χ3v) is 3.78. The summed E-state index contributed by atoms with van der Waals surface area (Å²) in [6.45, 7) is 4.05. The summed E-state index contributed by atoms with van der Waals surface area (Å²) in [6, 6.07) is 7.85. The van der Waals surface area contributed by atoms with Crippen molar-refractivity contribution >= 4 is 0 Å². The second-order valence-electron chi connectivity index (χ2n) is 5.08.